The number of rotatable bonds is 3. The van der Waals surface area contributed by atoms with Gasteiger partial charge in [0.05, 0.1) is 25.3 Å². The molecule has 2 aliphatic heterocycles. The van der Waals surface area contributed by atoms with Gasteiger partial charge in [-0.3, -0.25) is 10.1 Å². The third kappa shape index (κ3) is 2.89. The van der Waals surface area contributed by atoms with Gasteiger partial charge in [0.2, 0.25) is 6.23 Å². The molecule has 1 aromatic heterocycles. The smallest absolute Gasteiger partial charge is 0.269 e. The van der Waals surface area contributed by atoms with Crippen LogP contribution < -0.4 is 4.74 Å². The number of hydrogen-bond donors (Lipinski definition) is 0. The zero-order chi connectivity index (χ0) is 19.3. The third-order valence-electron chi connectivity index (χ3n) is 4.95. The van der Waals surface area contributed by atoms with Gasteiger partial charge in [-0.1, -0.05) is 18.2 Å². The summed E-state index contributed by atoms with van der Waals surface area (Å²) in [5, 5.41) is 17.8. The van der Waals surface area contributed by atoms with Crippen molar-refractivity contribution < 1.29 is 9.66 Å². The van der Waals surface area contributed by atoms with Crippen molar-refractivity contribution in [2.24, 2.45) is 5.10 Å². The van der Waals surface area contributed by atoms with Crippen molar-refractivity contribution in [3.05, 3.63) is 90.6 Å². The van der Waals surface area contributed by atoms with Crippen molar-refractivity contribution in [3.63, 3.8) is 0 Å². The van der Waals surface area contributed by atoms with Crippen LogP contribution in [0.25, 0.3) is 0 Å². The zero-order valence-corrected chi connectivity index (χ0v) is 16.9. The molecule has 0 saturated heterocycles. The van der Waals surface area contributed by atoms with Crippen molar-refractivity contribution in [3.8, 4) is 5.75 Å². The summed E-state index contributed by atoms with van der Waals surface area (Å²) in [7, 11) is 0. The number of benzene rings is 2. The lowest BCUT2D eigenvalue weighted by atomic mass is 9.98. The van der Waals surface area contributed by atoms with E-state index in [0.717, 1.165) is 37.7 Å². The van der Waals surface area contributed by atoms with E-state index in [9.17, 15) is 10.1 Å². The van der Waals surface area contributed by atoms with Crippen LogP contribution in [-0.2, 0) is 0 Å². The van der Waals surface area contributed by atoms with Crippen LogP contribution in [0.15, 0.2) is 69.6 Å². The molecule has 0 fully saturated rings. The maximum Gasteiger partial charge on any atom is 0.269 e. The first-order valence-electron chi connectivity index (χ1n) is 8.71. The molecule has 2 aliphatic rings. The highest BCUT2D eigenvalue weighted by molar-refractivity contribution is 9.11. The first-order valence-corrected chi connectivity index (χ1v) is 10.3. The summed E-state index contributed by atoms with van der Waals surface area (Å²) < 4.78 is 7.33. The minimum atomic E-state index is -0.429. The summed E-state index contributed by atoms with van der Waals surface area (Å²) in [6.07, 6.45) is 0.359. The number of nitro groups is 1. The molecule has 0 bridgehead atoms. The number of non-ortho nitro benzene ring substituents is 1. The van der Waals surface area contributed by atoms with E-state index in [1.165, 1.54) is 12.1 Å². The second-order valence-corrected chi connectivity index (χ2v) is 9.07. The Balaban J connectivity index is 1.57. The highest BCUT2D eigenvalue weighted by Crippen LogP contribution is 2.48. The largest absolute Gasteiger partial charge is 0.464 e. The molecule has 3 heterocycles. The monoisotopic (exact) mass is 455 g/mol. The quantitative estimate of drug-likeness (QED) is 0.377. The van der Waals surface area contributed by atoms with E-state index in [2.05, 4.69) is 28.1 Å². The van der Waals surface area contributed by atoms with Gasteiger partial charge in [-0.2, -0.15) is 5.10 Å². The molecule has 0 amide bonds. The molecule has 0 spiro atoms. The first-order chi connectivity index (χ1) is 13.6. The van der Waals surface area contributed by atoms with Gasteiger partial charge < -0.3 is 4.74 Å². The topological polar surface area (TPSA) is 68.0 Å². The number of para-hydroxylation sites is 1. The first kappa shape index (κ1) is 17.4. The van der Waals surface area contributed by atoms with E-state index in [1.54, 1.807) is 23.5 Å². The average molecular weight is 456 g/mol. The van der Waals surface area contributed by atoms with Crippen molar-refractivity contribution >= 4 is 38.7 Å². The standard InChI is InChI=1S/C20H14BrN3O3S/c21-19-10-9-18(28-19)15-11-16-14-3-1-2-4-17(14)27-20(23(16)22-15)12-5-7-13(8-6-12)24(25)26/h1-10,16,20H,11H2. The molecule has 28 heavy (non-hydrogen) atoms. The molecule has 3 aromatic rings. The Kier molecular flexibility index (Phi) is 4.17. The normalized spacial score (nSPS) is 20.2. The fraction of sp³-hybridized carbons (Fsp3) is 0.150. The summed E-state index contributed by atoms with van der Waals surface area (Å²) in [4.78, 5) is 11.7. The number of thiophene rings is 1. The predicted octanol–water partition coefficient (Wildman–Crippen LogP) is 5.66. The third-order valence-corrected chi connectivity index (χ3v) is 6.62. The number of ether oxygens (including phenoxy) is 1. The van der Waals surface area contributed by atoms with Crippen LogP contribution in [0.2, 0.25) is 0 Å². The second-order valence-electron chi connectivity index (χ2n) is 6.61. The Morgan fingerprint density at radius 3 is 2.64 bits per heavy atom. The molecule has 6 nitrogen and oxygen atoms in total. The fourth-order valence-corrected chi connectivity index (χ4v) is 5.01. The maximum atomic E-state index is 11.0. The van der Waals surface area contributed by atoms with Gasteiger partial charge in [0.15, 0.2) is 0 Å². The van der Waals surface area contributed by atoms with Crippen LogP contribution >= 0.6 is 27.3 Å². The van der Waals surface area contributed by atoms with Crippen molar-refractivity contribution in [2.45, 2.75) is 18.7 Å². The SMILES string of the molecule is O=[N+]([O-])c1ccc(C2Oc3ccccc3C3CC(c4ccc(Br)s4)=NN32)cc1. The fourth-order valence-electron chi connectivity index (χ4n) is 3.63. The molecule has 0 saturated carbocycles. The Labute approximate surface area is 173 Å². The van der Waals surface area contributed by atoms with Gasteiger partial charge in [0.25, 0.3) is 5.69 Å². The van der Waals surface area contributed by atoms with Gasteiger partial charge >= 0.3 is 0 Å². The predicted molar refractivity (Wildman–Crippen MR) is 111 cm³/mol. The summed E-state index contributed by atoms with van der Waals surface area (Å²) in [5.74, 6) is 0.830. The van der Waals surface area contributed by atoms with E-state index < -0.39 is 11.2 Å². The van der Waals surface area contributed by atoms with Crippen molar-refractivity contribution in [1.29, 1.82) is 0 Å². The minimum Gasteiger partial charge on any atom is -0.464 e. The number of nitro benzene ring substituents is 1. The van der Waals surface area contributed by atoms with E-state index >= 15 is 0 Å². The molecule has 5 rings (SSSR count). The molecule has 0 aliphatic carbocycles. The minimum absolute atomic E-state index is 0.0607. The lowest BCUT2D eigenvalue weighted by Gasteiger charge is -2.38. The van der Waals surface area contributed by atoms with E-state index in [1.807, 2.05) is 29.3 Å². The molecule has 0 N–H and O–H groups in total. The van der Waals surface area contributed by atoms with Gasteiger partial charge in [0.1, 0.15) is 5.75 Å². The van der Waals surface area contributed by atoms with E-state index in [-0.39, 0.29) is 11.7 Å². The van der Waals surface area contributed by atoms with Gasteiger partial charge in [-0.05, 0) is 46.3 Å². The summed E-state index contributed by atoms with van der Waals surface area (Å²) in [5.41, 5.74) is 3.02. The lowest BCUT2D eigenvalue weighted by molar-refractivity contribution is -0.384. The van der Waals surface area contributed by atoms with Gasteiger partial charge in [-0.15, -0.1) is 11.3 Å². The van der Waals surface area contributed by atoms with Gasteiger partial charge in [-0.25, -0.2) is 5.01 Å². The highest BCUT2D eigenvalue weighted by atomic mass is 79.9. The van der Waals surface area contributed by atoms with Gasteiger partial charge in [0, 0.05) is 29.7 Å². The van der Waals surface area contributed by atoms with Crippen LogP contribution in [0, 0.1) is 10.1 Å². The van der Waals surface area contributed by atoms with E-state index in [0.29, 0.717) is 0 Å². The van der Waals surface area contributed by atoms with Crippen LogP contribution in [0.1, 0.15) is 34.7 Å². The zero-order valence-electron chi connectivity index (χ0n) is 14.5. The van der Waals surface area contributed by atoms with E-state index in [4.69, 9.17) is 9.84 Å². The average Bonchev–Trinajstić information content (AvgIpc) is 3.34. The number of hydrazone groups is 1. The molecule has 2 aromatic carbocycles. The highest BCUT2D eigenvalue weighted by Gasteiger charge is 2.41. The molecule has 0 radical (unpaired) electrons. The molecular weight excluding hydrogens is 442 g/mol. The molecule has 2 atom stereocenters. The number of hydrogen-bond acceptors (Lipinski definition) is 6. The van der Waals surface area contributed by atoms with Crippen molar-refractivity contribution in [1.82, 2.24) is 5.01 Å². The van der Waals surface area contributed by atoms with Crippen LogP contribution in [0.5, 0.6) is 5.75 Å². The Morgan fingerprint density at radius 1 is 1.14 bits per heavy atom. The van der Waals surface area contributed by atoms with Crippen LogP contribution in [0.4, 0.5) is 5.69 Å². The Morgan fingerprint density at radius 2 is 1.93 bits per heavy atom. The number of fused-ring (bicyclic) bond motifs is 3. The van der Waals surface area contributed by atoms with Crippen LogP contribution in [-0.4, -0.2) is 15.6 Å². The molecule has 2 unspecified atom stereocenters. The van der Waals surface area contributed by atoms with Crippen LogP contribution in [0.3, 0.4) is 0 Å². The summed E-state index contributed by atoms with van der Waals surface area (Å²) in [6, 6.07) is 18.6. The number of nitrogens with zero attached hydrogens (tertiary/aromatic N) is 3. The summed E-state index contributed by atoms with van der Waals surface area (Å²) in [6.45, 7) is 0. The second kappa shape index (κ2) is 6.72. The number of halogens is 1. The molecular formula is C20H14BrN3O3S. The summed E-state index contributed by atoms with van der Waals surface area (Å²) >= 11 is 5.18. The van der Waals surface area contributed by atoms with Crippen molar-refractivity contribution in [2.75, 3.05) is 0 Å². The maximum absolute atomic E-state index is 11.0. The molecule has 8 heteroatoms. The molecule has 140 valence electrons. The lowest BCUT2D eigenvalue weighted by Crippen LogP contribution is -2.33. The Bertz CT molecular complexity index is 1100. The Hall–Kier alpha value is -2.71.